The van der Waals surface area contributed by atoms with Crippen LogP contribution in [0.15, 0.2) is 5.10 Å². The van der Waals surface area contributed by atoms with Gasteiger partial charge in [-0.15, -0.1) is 0 Å². The molecule has 0 saturated carbocycles. The lowest BCUT2D eigenvalue weighted by Gasteiger charge is -2.19. The molecular formula is C8H15N5O2. The van der Waals surface area contributed by atoms with E-state index >= 15 is 0 Å². The number of hydrazone groups is 1. The van der Waals surface area contributed by atoms with Gasteiger partial charge in [0.05, 0.1) is 0 Å². The molecule has 0 aromatic rings. The zero-order chi connectivity index (χ0) is 11.3. The lowest BCUT2D eigenvalue weighted by atomic mass is 9.96. The van der Waals surface area contributed by atoms with Gasteiger partial charge in [-0.2, -0.15) is 5.10 Å². The molecule has 15 heavy (non-hydrogen) atoms. The minimum Gasteiger partial charge on any atom is -0.375 e. The van der Waals surface area contributed by atoms with Crippen LogP contribution in [0.1, 0.15) is 19.8 Å². The van der Waals surface area contributed by atoms with Crippen molar-refractivity contribution >= 4 is 18.3 Å². The Labute approximate surface area is 87.5 Å². The van der Waals surface area contributed by atoms with Crippen molar-refractivity contribution in [3.05, 3.63) is 0 Å². The van der Waals surface area contributed by atoms with Crippen molar-refractivity contribution in [2.24, 2.45) is 10.9 Å². The number of rotatable bonds is 5. The van der Waals surface area contributed by atoms with E-state index in [1.807, 2.05) is 0 Å². The average molecular weight is 213 g/mol. The zero-order valence-corrected chi connectivity index (χ0v) is 8.54. The van der Waals surface area contributed by atoms with Crippen LogP contribution in [0.2, 0.25) is 0 Å². The highest BCUT2D eigenvalue weighted by atomic mass is 16.2. The fourth-order valence-electron chi connectivity index (χ4n) is 1.42. The minimum atomic E-state index is -0.793. The van der Waals surface area contributed by atoms with Crippen molar-refractivity contribution in [2.45, 2.75) is 25.3 Å². The molecule has 1 rings (SSSR count). The number of hydrogen-bond acceptors (Lipinski definition) is 4. The first-order valence-electron chi connectivity index (χ1n) is 4.67. The summed E-state index contributed by atoms with van der Waals surface area (Å²) >= 11 is 0. The van der Waals surface area contributed by atoms with Gasteiger partial charge in [0.25, 0.3) is 5.91 Å². The van der Waals surface area contributed by atoms with Gasteiger partial charge < -0.3 is 16.5 Å². The van der Waals surface area contributed by atoms with Crippen molar-refractivity contribution in [1.82, 2.24) is 16.0 Å². The molecule has 0 aromatic carbocycles. The van der Waals surface area contributed by atoms with Crippen molar-refractivity contribution in [3.63, 3.8) is 0 Å². The maximum atomic E-state index is 11.4. The van der Waals surface area contributed by atoms with E-state index in [2.05, 4.69) is 21.1 Å². The third-order valence-corrected chi connectivity index (χ3v) is 2.28. The minimum absolute atomic E-state index is 0.278. The number of carbonyl (C=O) groups is 2. The molecule has 1 atom stereocenters. The first-order valence-corrected chi connectivity index (χ1v) is 4.67. The fraction of sp³-hybridized carbons (Fsp3) is 0.625. The predicted molar refractivity (Wildman–Crippen MR) is 55.0 cm³/mol. The summed E-state index contributed by atoms with van der Waals surface area (Å²) < 4.78 is 0. The molecule has 84 valence electrons. The largest absolute Gasteiger partial charge is 0.375 e. The number of hydrogen-bond donors (Lipinski definition) is 4. The van der Waals surface area contributed by atoms with Crippen molar-refractivity contribution in [1.29, 1.82) is 0 Å². The SMILES string of the molecule is CC1(CCCNC=NN)NC(=O)NC1=O. The van der Waals surface area contributed by atoms with Gasteiger partial charge in [0.15, 0.2) is 0 Å². The van der Waals surface area contributed by atoms with E-state index in [0.717, 1.165) is 6.42 Å². The number of nitrogens with two attached hydrogens (primary N) is 1. The van der Waals surface area contributed by atoms with Gasteiger partial charge in [-0.25, -0.2) is 4.79 Å². The summed E-state index contributed by atoms with van der Waals surface area (Å²) in [6, 6.07) is -0.432. The Morgan fingerprint density at radius 1 is 1.60 bits per heavy atom. The van der Waals surface area contributed by atoms with Crippen molar-refractivity contribution in [2.75, 3.05) is 6.54 Å². The van der Waals surface area contributed by atoms with Crippen LogP contribution in [0.3, 0.4) is 0 Å². The molecule has 1 aliphatic rings. The summed E-state index contributed by atoms with van der Waals surface area (Å²) in [5.74, 6) is 4.61. The second kappa shape index (κ2) is 4.63. The first-order chi connectivity index (χ1) is 7.08. The smallest absolute Gasteiger partial charge is 0.322 e. The van der Waals surface area contributed by atoms with Crippen molar-refractivity contribution in [3.8, 4) is 0 Å². The summed E-state index contributed by atoms with van der Waals surface area (Å²) in [4.78, 5) is 22.3. The zero-order valence-electron chi connectivity index (χ0n) is 8.54. The highest BCUT2D eigenvalue weighted by molar-refractivity contribution is 6.06. The fourth-order valence-corrected chi connectivity index (χ4v) is 1.42. The number of nitrogens with one attached hydrogen (secondary N) is 3. The Kier molecular flexibility index (Phi) is 3.48. The van der Waals surface area contributed by atoms with Crippen LogP contribution in [0.5, 0.6) is 0 Å². The van der Waals surface area contributed by atoms with Gasteiger partial charge in [0.2, 0.25) is 0 Å². The van der Waals surface area contributed by atoms with E-state index in [0.29, 0.717) is 13.0 Å². The van der Waals surface area contributed by atoms with Crippen LogP contribution >= 0.6 is 0 Å². The van der Waals surface area contributed by atoms with Crippen LogP contribution in [0.25, 0.3) is 0 Å². The molecule has 7 nitrogen and oxygen atoms in total. The maximum absolute atomic E-state index is 11.4. The first kappa shape index (κ1) is 11.3. The third-order valence-electron chi connectivity index (χ3n) is 2.28. The Bertz CT molecular complexity index is 291. The summed E-state index contributed by atoms with van der Waals surface area (Å²) in [5.41, 5.74) is -0.793. The molecule has 1 saturated heterocycles. The molecule has 1 fully saturated rings. The molecule has 0 radical (unpaired) electrons. The Morgan fingerprint density at radius 3 is 2.87 bits per heavy atom. The molecule has 1 heterocycles. The van der Waals surface area contributed by atoms with E-state index < -0.39 is 11.6 Å². The maximum Gasteiger partial charge on any atom is 0.322 e. The normalized spacial score (nSPS) is 25.4. The highest BCUT2D eigenvalue weighted by Gasteiger charge is 2.40. The molecule has 1 unspecified atom stereocenters. The predicted octanol–water partition coefficient (Wildman–Crippen LogP) is -1.14. The third kappa shape index (κ3) is 2.83. The van der Waals surface area contributed by atoms with Gasteiger partial charge in [-0.05, 0) is 19.8 Å². The number of amides is 3. The summed E-state index contributed by atoms with van der Waals surface area (Å²) in [6.45, 7) is 2.35. The molecule has 0 bridgehead atoms. The van der Waals surface area contributed by atoms with Crippen molar-refractivity contribution < 1.29 is 9.59 Å². The Morgan fingerprint density at radius 2 is 2.33 bits per heavy atom. The van der Waals surface area contributed by atoms with Crippen LogP contribution in [-0.2, 0) is 4.79 Å². The molecule has 1 aliphatic heterocycles. The standard InChI is InChI=1S/C8H15N5O2/c1-8(3-2-4-10-5-11-9)6(14)12-7(15)13-8/h5H,2-4,9H2,1H3,(H,10,11)(H2,12,13,14,15). The summed E-state index contributed by atoms with van der Waals surface area (Å²) in [6.07, 6.45) is 2.68. The monoisotopic (exact) mass is 213 g/mol. The van der Waals surface area contributed by atoms with Gasteiger partial charge in [0, 0.05) is 6.54 Å². The topological polar surface area (TPSA) is 109 Å². The van der Waals surface area contributed by atoms with Gasteiger partial charge >= 0.3 is 6.03 Å². The quantitative estimate of drug-likeness (QED) is 0.115. The lowest BCUT2D eigenvalue weighted by molar-refractivity contribution is -0.123. The Hall–Kier alpha value is -1.79. The van der Waals surface area contributed by atoms with E-state index in [-0.39, 0.29) is 5.91 Å². The van der Waals surface area contributed by atoms with E-state index in [9.17, 15) is 9.59 Å². The van der Waals surface area contributed by atoms with Crippen LogP contribution < -0.4 is 21.8 Å². The number of urea groups is 1. The molecule has 0 aromatic heterocycles. The second-order valence-electron chi connectivity index (χ2n) is 3.58. The molecule has 7 heteroatoms. The lowest BCUT2D eigenvalue weighted by Crippen LogP contribution is -2.44. The number of imide groups is 1. The molecule has 0 aliphatic carbocycles. The van der Waals surface area contributed by atoms with E-state index in [1.54, 1.807) is 6.92 Å². The Balaban J connectivity index is 2.31. The molecule has 3 amide bonds. The molecule has 5 N–H and O–H groups in total. The highest BCUT2D eigenvalue weighted by Crippen LogP contribution is 2.15. The number of carbonyl (C=O) groups excluding carboxylic acids is 2. The van der Waals surface area contributed by atoms with E-state index in [4.69, 9.17) is 5.84 Å². The molecule has 0 spiro atoms. The van der Waals surface area contributed by atoms with Crippen LogP contribution in [0, 0.1) is 0 Å². The van der Waals surface area contributed by atoms with Gasteiger partial charge in [-0.3, -0.25) is 10.1 Å². The van der Waals surface area contributed by atoms with Crippen LogP contribution in [0.4, 0.5) is 4.79 Å². The van der Waals surface area contributed by atoms with Gasteiger partial charge in [0.1, 0.15) is 11.9 Å². The van der Waals surface area contributed by atoms with Crippen LogP contribution in [-0.4, -0.2) is 30.4 Å². The summed E-state index contributed by atoms with van der Waals surface area (Å²) in [7, 11) is 0. The second-order valence-corrected chi connectivity index (χ2v) is 3.58. The summed E-state index contributed by atoms with van der Waals surface area (Å²) in [5, 5.41) is 10.9. The van der Waals surface area contributed by atoms with Gasteiger partial charge in [-0.1, -0.05) is 0 Å². The van der Waals surface area contributed by atoms with E-state index in [1.165, 1.54) is 6.34 Å². The molecular weight excluding hydrogens is 198 g/mol. The number of nitrogens with zero attached hydrogens (tertiary/aromatic N) is 1. The average Bonchev–Trinajstić information content (AvgIpc) is 2.41.